The van der Waals surface area contributed by atoms with E-state index in [0.29, 0.717) is 5.69 Å². The molecule has 0 aromatic carbocycles. The van der Waals surface area contributed by atoms with Gasteiger partial charge in [-0.2, -0.15) is 23.5 Å². The van der Waals surface area contributed by atoms with Crippen molar-refractivity contribution in [3.8, 4) is 6.07 Å². The van der Waals surface area contributed by atoms with Gasteiger partial charge in [0.05, 0.1) is 5.69 Å². The number of halogens is 3. The Labute approximate surface area is 96.0 Å². The van der Waals surface area contributed by atoms with Crippen molar-refractivity contribution in [2.24, 2.45) is 7.05 Å². The Hall–Kier alpha value is -1.71. The smallest absolute Gasteiger partial charge is 0.355 e. The van der Waals surface area contributed by atoms with Crippen LogP contribution in [-0.2, 0) is 7.05 Å². The number of hydrogen-bond donors (Lipinski definition) is 1. The zero-order valence-corrected chi connectivity index (χ0v) is 9.39. The number of hydrogen-bond acceptors (Lipinski definition) is 3. The van der Waals surface area contributed by atoms with Gasteiger partial charge in [0.25, 0.3) is 0 Å². The molecule has 1 aromatic heterocycles. The van der Waals surface area contributed by atoms with Crippen LogP contribution < -0.4 is 5.32 Å². The maximum atomic E-state index is 12.8. The Balaban J connectivity index is 2.35. The molecular formula is C10H11F3N4. The Bertz CT molecular complexity index is 491. The molecule has 0 amide bonds. The maximum Gasteiger partial charge on any atom is 0.411 e. The molecule has 0 aliphatic heterocycles. The third kappa shape index (κ3) is 1.73. The van der Waals surface area contributed by atoms with Gasteiger partial charge < -0.3 is 5.32 Å². The molecule has 0 saturated heterocycles. The molecule has 17 heavy (non-hydrogen) atoms. The molecule has 0 unspecified atom stereocenters. The van der Waals surface area contributed by atoms with Crippen LogP contribution in [0.25, 0.3) is 0 Å². The fourth-order valence-corrected chi connectivity index (χ4v) is 1.77. The second-order valence-electron chi connectivity index (χ2n) is 4.25. The predicted octanol–water partition coefficient (Wildman–Crippen LogP) is 2.11. The number of anilines is 1. The van der Waals surface area contributed by atoms with Crippen LogP contribution in [0.1, 0.15) is 24.1 Å². The monoisotopic (exact) mass is 244 g/mol. The van der Waals surface area contributed by atoms with E-state index in [0.717, 1.165) is 0 Å². The quantitative estimate of drug-likeness (QED) is 0.866. The number of rotatable bonds is 2. The normalized spacial score (nSPS) is 17.6. The minimum absolute atomic E-state index is 0.0333. The lowest BCUT2D eigenvalue weighted by Gasteiger charge is -2.21. The number of nitrogens with zero attached hydrogens (tertiary/aromatic N) is 3. The van der Waals surface area contributed by atoms with Crippen molar-refractivity contribution in [2.45, 2.75) is 31.5 Å². The van der Waals surface area contributed by atoms with Crippen molar-refractivity contribution in [1.82, 2.24) is 9.78 Å². The number of alkyl halides is 3. The van der Waals surface area contributed by atoms with E-state index in [1.54, 1.807) is 6.92 Å². The van der Waals surface area contributed by atoms with Crippen LogP contribution in [0.5, 0.6) is 0 Å². The van der Waals surface area contributed by atoms with Crippen LogP contribution in [-0.4, -0.2) is 21.5 Å². The largest absolute Gasteiger partial charge is 0.411 e. The molecule has 7 heteroatoms. The molecule has 1 N–H and O–H groups in total. The second kappa shape index (κ2) is 3.39. The standard InChI is InChI=1S/C10H11F3N4/c1-6-7(5-14)8(17(2)16-6)15-9(3-4-9)10(11,12)13/h15H,3-4H2,1-2H3. The lowest BCUT2D eigenvalue weighted by Crippen LogP contribution is -2.39. The first-order valence-corrected chi connectivity index (χ1v) is 5.09. The highest BCUT2D eigenvalue weighted by Crippen LogP contribution is 2.51. The van der Waals surface area contributed by atoms with Gasteiger partial charge in [-0.1, -0.05) is 0 Å². The van der Waals surface area contributed by atoms with E-state index in [4.69, 9.17) is 5.26 Å². The molecule has 1 saturated carbocycles. The Morgan fingerprint density at radius 2 is 2.06 bits per heavy atom. The summed E-state index contributed by atoms with van der Waals surface area (Å²) in [7, 11) is 1.52. The van der Waals surface area contributed by atoms with Crippen LogP contribution >= 0.6 is 0 Å². The summed E-state index contributed by atoms with van der Waals surface area (Å²) >= 11 is 0. The van der Waals surface area contributed by atoms with Crippen molar-refractivity contribution in [1.29, 1.82) is 5.26 Å². The molecule has 0 radical (unpaired) electrons. The number of aromatic nitrogens is 2. The predicted molar refractivity (Wildman–Crippen MR) is 54.3 cm³/mol. The Morgan fingerprint density at radius 3 is 2.47 bits per heavy atom. The van der Waals surface area contributed by atoms with Gasteiger partial charge in [0, 0.05) is 7.05 Å². The van der Waals surface area contributed by atoms with Crippen molar-refractivity contribution in [3.05, 3.63) is 11.3 Å². The first kappa shape index (κ1) is 11.8. The highest BCUT2D eigenvalue weighted by atomic mass is 19.4. The summed E-state index contributed by atoms with van der Waals surface area (Å²) in [5.41, 5.74) is -1.28. The van der Waals surface area contributed by atoms with E-state index in [-0.39, 0.29) is 24.2 Å². The van der Waals surface area contributed by atoms with Gasteiger partial charge in [-0.05, 0) is 19.8 Å². The van der Waals surface area contributed by atoms with Gasteiger partial charge in [-0.15, -0.1) is 0 Å². The molecule has 1 fully saturated rings. The van der Waals surface area contributed by atoms with Crippen molar-refractivity contribution in [2.75, 3.05) is 5.32 Å². The molecular weight excluding hydrogens is 233 g/mol. The third-order valence-corrected chi connectivity index (χ3v) is 2.98. The number of nitrogens with one attached hydrogen (secondary N) is 1. The van der Waals surface area contributed by atoms with Gasteiger partial charge in [0.15, 0.2) is 0 Å². The van der Waals surface area contributed by atoms with Crippen LogP contribution in [0.4, 0.5) is 19.0 Å². The summed E-state index contributed by atoms with van der Waals surface area (Å²) in [6.45, 7) is 1.59. The van der Waals surface area contributed by atoms with Crippen molar-refractivity contribution >= 4 is 5.82 Å². The van der Waals surface area contributed by atoms with Gasteiger partial charge in [-0.25, -0.2) is 0 Å². The van der Waals surface area contributed by atoms with Gasteiger partial charge in [0.1, 0.15) is 23.0 Å². The van der Waals surface area contributed by atoms with Gasteiger partial charge in [-0.3, -0.25) is 4.68 Å². The number of aryl methyl sites for hydroxylation is 2. The minimum atomic E-state index is -4.31. The van der Waals surface area contributed by atoms with E-state index in [2.05, 4.69) is 10.4 Å². The molecule has 1 aliphatic carbocycles. The first-order valence-electron chi connectivity index (χ1n) is 5.09. The van der Waals surface area contributed by atoms with Gasteiger partial charge >= 0.3 is 6.18 Å². The minimum Gasteiger partial charge on any atom is -0.355 e. The topological polar surface area (TPSA) is 53.6 Å². The SMILES string of the molecule is Cc1nn(C)c(NC2(C(F)(F)F)CC2)c1C#N. The Kier molecular flexibility index (Phi) is 2.35. The summed E-state index contributed by atoms with van der Waals surface area (Å²) in [6.07, 6.45) is -4.24. The molecule has 0 bridgehead atoms. The van der Waals surface area contributed by atoms with Crippen molar-refractivity contribution in [3.63, 3.8) is 0 Å². The summed E-state index contributed by atoms with van der Waals surface area (Å²) < 4.78 is 39.6. The lowest BCUT2D eigenvalue weighted by atomic mass is 10.2. The maximum absolute atomic E-state index is 12.8. The molecule has 1 heterocycles. The highest BCUT2D eigenvalue weighted by Gasteiger charge is 2.64. The molecule has 1 aliphatic rings. The molecule has 4 nitrogen and oxygen atoms in total. The molecule has 92 valence electrons. The molecule has 1 aromatic rings. The zero-order chi connectivity index (χ0) is 12.8. The van der Waals surface area contributed by atoms with E-state index in [1.165, 1.54) is 11.7 Å². The average molecular weight is 244 g/mol. The summed E-state index contributed by atoms with van der Waals surface area (Å²) in [6, 6.07) is 1.87. The highest BCUT2D eigenvalue weighted by molar-refractivity contribution is 5.57. The van der Waals surface area contributed by atoms with E-state index >= 15 is 0 Å². The first-order chi connectivity index (χ1) is 7.81. The number of nitriles is 1. The summed E-state index contributed by atoms with van der Waals surface area (Å²) in [4.78, 5) is 0. The summed E-state index contributed by atoms with van der Waals surface area (Å²) in [5.74, 6) is 0.139. The second-order valence-corrected chi connectivity index (χ2v) is 4.25. The van der Waals surface area contributed by atoms with E-state index < -0.39 is 11.7 Å². The average Bonchev–Trinajstić information content (AvgIpc) is 2.92. The van der Waals surface area contributed by atoms with Crippen LogP contribution in [0, 0.1) is 18.3 Å². The lowest BCUT2D eigenvalue weighted by molar-refractivity contribution is -0.151. The Morgan fingerprint density at radius 1 is 1.47 bits per heavy atom. The van der Waals surface area contributed by atoms with E-state index in [9.17, 15) is 13.2 Å². The van der Waals surface area contributed by atoms with Crippen LogP contribution in [0.2, 0.25) is 0 Å². The zero-order valence-electron chi connectivity index (χ0n) is 9.39. The van der Waals surface area contributed by atoms with Crippen molar-refractivity contribution < 1.29 is 13.2 Å². The van der Waals surface area contributed by atoms with Gasteiger partial charge in [0.2, 0.25) is 0 Å². The fraction of sp³-hybridized carbons (Fsp3) is 0.600. The van der Waals surface area contributed by atoms with Crippen LogP contribution in [0.3, 0.4) is 0 Å². The molecule has 0 spiro atoms. The fourth-order valence-electron chi connectivity index (χ4n) is 1.77. The molecule has 2 rings (SSSR count). The third-order valence-electron chi connectivity index (χ3n) is 2.98. The van der Waals surface area contributed by atoms with Crippen LogP contribution in [0.15, 0.2) is 0 Å². The molecule has 0 atom stereocenters. The van der Waals surface area contributed by atoms with E-state index in [1.807, 2.05) is 6.07 Å². The summed E-state index contributed by atoms with van der Waals surface area (Å²) in [5, 5.41) is 15.3.